The first kappa shape index (κ1) is 12.6. The molecule has 0 radical (unpaired) electrons. The van der Waals surface area contributed by atoms with Crippen LogP contribution >= 0.6 is 0 Å². The van der Waals surface area contributed by atoms with Gasteiger partial charge in [0.25, 0.3) is 0 Å². The maximum atomic E-state index is 13.4. The fraction of sp³-hybridized carbons (Fsp3) is 0.417. The first-order valence-electron chi connectivity index (χ1n) is 5.23. The number of amides is 1. The predicted molar refractivity (Wildman–Crippen MR) is 62.7 cm³/mol. The number of aryl methyl sites for hydroxylation is 1. The number of halogens is 1. The highest BCUT2D eigenvalue weighted by Gasteiger charge is 2.26. The molecule has 1 amide bonds. The Bertz CT molecular complexity index is 402. The Morgan fingerprint density at radius 2 is 2.19 bits per heavy atom. The molecule has 1 atom stereocenters. The number of hydrogen-bond acceptors (Lipinski definition) is 2. The lowest BCUT2D eigenvalue weighted by molar-refractivity contribution is -0.120. The van der Waals surface area contributed by atoms with Gasteiger partial charge in [-0.1, -0.05) is 13.0 Å². The molecule has 0 heterocycles. The number of carbonyl (C=O) groups is 1. The fourth-order valence-corrected chi connectivity index (χ4v) is 1.15. The first-order valence-corrected chi connectivity index (χ1v) is 5.23. The molecular weight excluding hydrogens is 207 g/mol. The van der Waals surface area contributed by atoms with Gasteiger partial charge in [0, 0.05) is 0 Å². The molecule has 0 aliphatic rings. The van der Waals surface area contributed by atoms with Crippen molar-refractivity contribution in [1.29, 1.82) is 0 Å². The van der Waals surface area contributed by atoms with Crippen molar-refractivity contribution in [1.82, 2.24) is 0 Å². The molecule has 3 nitrogen and oxygen atoms in total. The van der Waals surface area contributed by atoms with Crippen LogP contribution in [0.15, 0.2) is 18.2 Å². The second-order valence-electron chi connectivity index (χ2n) is 4.21. The quantitative estimate of drug-likeness (QED) is 0.827. The van der Waals surface area contributed by atoms with Gasteiger partial charge in [-0.15, -0.1) is 0 Å². The molecule has 0 aliphatic heterocycles. The van der Waals surface area contributed by atoms with Crippen molar-refractivity contribution in [3.8, 4) is 0 Å². The Morgan fingerprint density at radius 1 is 1.56 bits per heavy atom. The summed E-state index contributed by atoms with van der Waals surface area (Å²) in [5, 5.41) is 2.49. The first-order chi connectivity index (χ1) is 7.36. The largest absolute Gasteiger partial charge is 0.322 e. The van der Waals surface area contributed by atoms with E-state index in [0.717, 1.165) is 5.56 Å². The topological polar surface area (TPSA) is 55.1 Å². The summed E-state index contributed by atoms with van der Waals surface area (Å²) in [7, 11) is 0. The van der Waals surface area contributed by atoms with Crippen LogP contribution in [0.1, 0.15) is 25.8 Å². The summed E-state index contributed by atoms with van der Waals surface area (Å²) in [6, 6.07) is 4.64. The zero-order chi connectivity index (χ0) is 12.3. The van der Waals surface area contributed by atoms with Crippen molar-refractivity contribution < 1.29 is 9.18 Å². The summed E-state index contributed by atoms with van der Waals surface area (Å²) in [5.41, 5.74) is 5.75. The van der Waals surface area contributed by atoms with Gasteiger partial charge in [-0.05, 0) is 38.0 Å². The third-order valence-corrected chi connectivity index (χ3v) is 2.63. The van der Waals surface area contributed by atoms with E-state index in [2.05, 4.69) is 5.32 Å². The van der Waals surface area contributed by atoms with Crippen LogP contribution in [0.2, 0.25) is 0 Å². The average Bonchev–Trinajstić information content (AvgIpc) is 2.22. The third kappa shape index (κ3) is 2.79. The molecule has 3 N–H and O–H groups in total. The maximum absolute atomic E-state index is 13.4. The van der Waals surface area contributed by atoms with E-state index in [4.69, 9.17) is 5.73 Å². The van der Waals surface area contributed by atoms with Gasteiger partial charge < -0.3 is 11.1 Å². The second-order valence-corrected chi connectivity index (χ2v) is 4.21. The molecule has 0 spiro atoms. The number of anilines is 1. The normalized spacial score (nSPS) is 14.3. The van der Waals surface area contributed by atoms with Crippen LogP contribution in [0, 0.1) is 12.7 Å². The van der Waals surface area contributed by atoms with E-state index in [0.29, 0.717) is 6.42 Å². The smallest absolute Gasteiger partial charge is 0.244 e. The number of rotatable bonds is 3. The summed E-state index contributed by atoms with van der Waals surface area (Å²) in [5.74, 6) is -0.821. The standard InChI is InChI=1S/C12H17FN2O/c1-4-12(3,14)11(16)15-10-6-5-8(2)7-9(10)13/h5-7H,4,14H2,1-3H3,(H,15,16). The Hall–Kier alpha value is -1.42. The van der Waals surface area contributed by atoms with Crippen LogP contribution in [0.5, 0.6) is 0 Å². The molecule has 0 saturated heterocycles. The number of nitrogens with two attached hydrogens (primary N) is 1. The van der Waals surface area contributed by atoms with Crippen molar-refractivity contribution in [2.75, 3.05) is 5.32 Å². The van der Waals surface area contributed by atoms with Crippen LogP contribution in [0.25, 0.3) is 0 Å². The minimum Gasteiger partial charge on any atom is -0.322 e. The summed E-state index contributed by atoms with van der Waals surface area (Å²) in [6.07, 6.45) is 0.492. The van der Waals surface area contributed by atoms with Crippen LogP contribution < -0.4 is 11.1 Å². The molecule has 0 aromatic heterocycles. The van der Waals surface area contributed by atoms with E-state index in [1.807, 2.05) is 6.92 Å². The van der Waals surface area contributed by atoms with Crippen molar-refractivity contribution in [3.05, 3.63) is 29.6 Å². The monoisotopic (exact) mass is 224 g/mol. The molecule has 0 fully saturated rings. The predicted octanol–water partition coefficient (Wildman–Crippen LogP) is 2.20. The maximum Gasteiger partial charge on any atom is 0.244 e. The van der Waals surface area contributed by atoms with Gasteiger partial charge in [0.15, 0.2) is 0 Å². The van der Waals surface area contributed by atoms with Crippen molar-refractivity contribution >= 4 is 11.6 Å². The minimum atomic E-state index is -0.975. The lowest BCUT2D eigenvalue weighted by Gasteiger charge is -2.21. The highest BCUT2D eigenvalue weighted by atomic mass is 19.1. The highest BCUT2D eigenvalue weighted by Crippen LogP contribution is 2.17. The van der Waals surface area contributed by atoms with E-state index in [1.54, 1.807) is 19.9 Å². The summed E-state index contributed by atoms with van der Waals surface area (Å²) in [4.78, 5) is 11.7. The SMILES string of the molecule is CCC(C)(N)C(=O)Nc1ccc(C)cc1F. The van der Waals surface area contributed by atoms with Crippen LogP contribution in [-0.2, 0) is 4.79 Å². The molecule has 4 heteroatoms. The molecule has 0 aliphatic carbocycles. The van der Waals surface area contributed by atoms with E-state index in [1.165, 1.54) is 12.1 Å². The van der Waals surface area contributed by atoms with E-state index < -0.39 is 11.4 Å². The van der Waals surface area contributed by atoms with Crippen LogP contribution in [-0.4, -0.2) is 11.4 Å². The molecule has 1 rings (SSSR count). The molecule has 1 aromatic carbocycles. The van der Waals surface area contributed by atoms with Gasteiger partial charge in [-0.2, -0.15) is 0 Å². The highest BCUT2D eigenvalue weighted by molar-refractivity contribution is 5.97. The lowest BCUT2D eigenvalue weighted by atomic mass is 9.99. The lowest BCUT2D eigenvalue weighted by Crippen LogP contribution is -2.47. The van der Waals surface area contributed by atoms with Gasteiger partial charge in [-0.25, -0.2) is 4.39 Å². The molecule has 1 aromatic rings. The number of nitrogens with one attached hydrogen (secondary N) is 1. The summed E-state index contributed by atoms with van der Waals surface area (Å²) in [6.45, 7) is 5.22. The zero-order valence-electron chi connectivity index (χ0n) is 9.80. The van der Waals surface area contributed by atoms with Gasteiger partial charge in [0.2, 0.25) is 5.91 Å². The number of benzene rings is 1. The van der Waals surface area contributed by atoms with Crippen LogP contribution in [0.3, 0.4) is 0 Å². The Labute approximate surface area is 94.8 Å². The molecule has 1 unspecified atom stereocenters. The third-order valence-electron chi connectivity index (χ3n) is 2.63. The van der Waals surface area contributed by atoms with E-state index in [-0.39, 0.29) is 11.6 Å². The Balaban J connectivity index is 2.85. The number of carbonyl (C=O) groups excluding carboxylic acids is 1. The molecule has 88 valence electrons. The van der Waals surface area contributed by atoms with E-state index >= 15 is 0 Å². The Kier molecular flexibility index (Phi) is 3.65. The molecular formula is C12H17FN2O. The fourth-order valence-electron chi connectivity index (χ4n) is 1.15. The molecule has 16 heavy (non-hydrogen) atoms. The molecule has 0 saturated carbocycles. The molecule has 0 bridgehead atoms. The van der Waals surface area contributed by atoms with Crippen LogP contribution in [0.4, 0.5) is 10.1 Å². The van der Waals surface area contributed by atoms with Crippen molar-refractivity contribution in [2.45, 2.75) is 32.7 Å². The van der Waals surface area contributed by atoms with Crippen molar-refractivity contribution in [3.63, 3.8) is 0 Å². The second kappa shape index (κ2) is 4.61. The number of hydrogen-bond donors (Lipinski definition) is 2. The van der Waals surface area contributed by atoms with Gasteiger partial charge >= 0.3 is 0 Å². The van der Waals surface area contributed by atoms with E-state index in [9.17, 15) is 9.18 Å². The van der Waals surface area contributed by atoms with Gasteiger partial charge in [0.05, 0.1) is 11.2 Å². The zero-order valence-corrected chi connectivity index (χ0v) is 9.80. The summed E-state index contributed by atoms with van der Waals surface area (Å²) >= 11 is 0. The summed E-state index contributed by atoms with van der Waals surface area (Å²) < 4.78 is 13.4. The van der Waals surface area contributed by atoms with Gasteiger partial charge in [0.1, 0.15) is 5.82 Å². The average molecular weight is 224 g/mol. The van der Waals surface area contributed by atoms with Crippen molar-refractivity contribution in [2.24, 2.45) is 5.73 Å². The Morgan fingerprint density at radius 3 is 2.69 bits per heavy atom. The minimum absolute atomic E-state index is 0.167. The van der Waals surface area contributed by atoms with Gasteiger partial charge in [-0.3, -0.25) is 4.79 Å².